The molecular formula is C17H26FNO3. The number of halogens is 1. The van der Waals surface area contributed by atoms with Crippen molar-refractivity contribution in [2.45, 2.75) is 52.2 Å². The van der Waals surface area contributed by atoms with Crippen molar-refractivity contribution >= 4 is 6.09 Å². The minimum absolute atomic E-state index is 0.157. The topological polar surface area (TPSA) is 49.8 Å². The van der Waals surface area contributed by atoms with E-state index in [4.69, 9.17) is 9.84 Å². The molecule has 0 atom stereocenters. The summed E-state index contributed by atoms with van der Waals surface area (Å²) in [7, 11) is 0. The third-order valence-corrected chi connectivity index (χ3v) is 3.02. The fraction of sp³-hybridized carbons (Fsp3) is 0.588. The molecular weight excluding hydrogens is 285 g/mol. The summed E-state index contributed by atoms with van der Waals surface area (Å²) >= 11 is 0. The molecule has 22 heavy (non-hydrogen) atoms. The second-order valence-corrected chi connectivity index (χ2v) is 6.31. The average Bonchev–Trinajstić information content (AvgIpc) is 2.42. The van der Waals surface area contributed by atoms with Crippen LogP contribution in [0, 0.1) is 5.82 Å². The van der Waals surface area contributed by atoms with Gasteiger partial charge in [-0.1, -0.05) is 12.1 Å². The van der Waals surface area contributed by atoms with Gasteiger partial charge in [0.2, 0.25) is 0 Å². The van der Waals surface area contributed by atoms with Crippen molar-refractivity contribution in [3.05, 3.63) is 35.6 Å². The normalized spacial score (nSPS) is 11.3. The maximum absolute atomic E-state index is 13.0. The highest BCUT2D eigenvalue weighted by Gasteiger charge is 2.22. The van der Waals surface area contributed by atoms with Gasteiger partial charge >= 0.3 is 6.09 Å². The molecule has 1 aromatic rings. The fourth-order valence-corrected chi connectivity index (χ4v) is 1.96. The second-order valence-electron chi connectivity index (χ2n) is 6.31. The summed E-state index contributed by atoms with van der Waals surface area (Å²) in [5.41, 5.74) is 0.304. The molecule has 0 unspecified atom stereocenters. The van der Waals surface area contributed by atoms with Crippen molar-refractivity contribution in [1.29, 1.82) is 0 Å². The van der Waals surface area contributed by atoms with Gasteiger partial charge in [-0.25, -0.2) is 9.18 Å². The van der Waals surface area contributed by atoms with Gasteiger partial charge in [0, 0.05) is 19.7 Å². The number of aliphatic hydroxyl groups is 1. The Bertz CT molecular complexity index is 454. The molecule has 0 aliphatic heterocycles. The molecule has 1 N–H and O–H groups in total. The SMILES string of the molecule is CC(C)(C)OC(=O)N(CCCCCO)Cc1ccc(F)cc1. The van der Waals surface area contributed by atoms with Crippen LogP contribution >= 0.6 is 0 Å². The summed E-state index contributed by atoms with van der Waals surface area (Å²) in [6, 6.07) is 6.10. The molecule has 1 amide bonds. The van der Waals surface area contributed by atoms with Gasteiger partial charge in [0.05, 0.1) is 0 Å². The fourth-order valence-electron chi connectivity index (χ4n) is 1.96. The summed E-state index contributed by atoms with van der Waals surface area (Å²) in [5.74, 6) is -0.296. The Morgan fingerprint density at radius 3 is 2.36 bits per heavy atom. The van der Waals surface area contributed by atoms with Crippen LogP contribution in [0.1, 0.15) is 45.6 Å². The third kappa shape index (κ3) is 7.41. The van der Waals surface area contributed by atoms with Gasteiger partial charge < -0.3 is 14.7 Å². The Morgan fingerprint density at radius 2 is 1.82 bits per heavy atom. The smallest absolute Gasteiger partial charge is 0.410 e. The molecule has 0 aromatic heterocycles. The first kappa shape index (κ1) is 18.4. The van der Waals surface area contributed by atoms with Crippen molar-refractivity contribution in [3.8, 4) is 0 Å². The Kier molecular flexibility index (Phi) is 7.32. The molecule has 0 saturated carbocycles. The summed E-state index contributed by atoms with van der Waals surface area (Å²) in [6.07, 6.45) is 1.99. The monoisotopic (exact) mass is 311 g/mol. The van der Waals surface area contributed by atoms with Crippen LogP contribution in [-0.2, 0) is 11.3 Å². The van der Waals surface area contributed by atoms with Gasteiger partial charge in [-0.05, 0) is 57.7 Å². The van der Waals surface area contributed by atoms with Crippen LogP contribution in [0.15, 0.2) is 24.3 Å². The van der Waals surface area contributed by atoms with Crippen LogP contribution in [0.3, 0.4) is 0 Å². The molecule has 0 heterocycles. The molecule has 0 fully saturated rings. The molecule has 0 saturated heterocycles. The number of amides is 1. The first-order valence-electron chi connectivity index (χ1n) is 7.65. The van der Waals surface area contributed by atoms with Gasteiger partial charge in [-0.2, -0.15) is 0 Å². The van der Waals surface area contributed by atoms with Crippen LogP contribution in [0.5, 0.6) is 0 Å². The molecule has 1 rings (SSSR count). The maximum Gasteiger partial charge on any atom is 0.410 e. The number of unbranched alkanes of at least 4 members (excludes halogenated alkanes) is 2. The van der Waals surface area contributed by atoms with Crippen LogP contribution in [-0.4, -0.2) is 34.9 Å². The molecule has 0 bridgehead atoms. The third-order valence-electron chi connectivity index (χ3n) is 3.02. The summed E-state index contributed by atoms with van der Waals surface area (Å²) in [5, 5.41) is 8.81. The van der Waals surface area contributed by atoms with E-state index in [0.717, 1.165) is 24.8 Å². The number of benzene rings is 1. The summed E-state index contributed by atoms with van der Waals surface area (Å²) < 4.78 is 18.4. The van der Waals surface area contributed by atoms with E-state index in [1.54, 1.807) is 17.0 Å². The highest BCUT2D eigenvalue weighted by Crippen LogP contribution is 2.14. The Hall–Kier alpha value is -1.62. The van der Waals surface area contributed by atoms with Gasteiger partial charge in [-0.15, -0.1) is 0 Å². The first-order valence-corrected chi connectivity index (χ1v) is 7.65. The van der Waals surface area contributed by atoms with E-state index < -0.39 is 5.60 Å². The van der Waals surface area contributed by atoms with E-state index in [1.807, 2.05) is 20.8 Å². The molecule has 0 aliphatic carbocycles. The lowest BCUT2D eigenvalue weighted by atomic mass is 10.2. The van der Waals surface area contributed by atoms with Crippen molar-refractivity contribution < 1.29 is 19.0 Å². The highest BCUT2D eigenvalue weighted by atomic mass is 19.1. The van der Waals surface area contributed by atoms with E-state index in [-0.39, 0.29) is 18.5 Å². The number of carbonyl (C=O) groups excluding carboxylic acids is 1. The van der Waals surface area contributed by atoms with E-state index >= 15 is 0 Å². The number of aliphatic hydroxyl groups excluding tert-OH is 1. The number of carbonyl (C=O) groups is 1. The maximum atomic E-state index is 13.0. The average molecular weight is 311 g/mol. The number of hydrogen-bond acceptors (Lipinski definition) is 3. The van der Waals surface area contributed by atoms with Crippen molar-refractivity contribution in [2.75, 3.05) is 13.2 Å². The largest absolute Gasteiger partial charge is 0.444 e. The number of nitrogens with zero attached hydrogens (tertiary/aromatic N) is 1. The van der Waals surface area contributed by atoms with Gasteiger partial charge in [0.25, 0.3) is 0 Å². The Balaban J connectivity index is 2.67. The highest BCUT2D eigenvalue weighted by molar-refractivity contribution is 5.68. The van der Waals surface area contributed by atoms with Crippen LogP contribution in [0.4, 0.5) is 9.18 Å². The number of rotatable bonds is 7. The Labute approximate surface area is 131 Å². The lowest BCUT2D eigenvalue weighted by Gasteiger charge is -2.27. The predicted octanol–water partition coefficient (Wildman–Crippen LogP) is 3.73. The molecule has 0 radical (unpaired) electrons. The van der Waals surface area contributed by atoms with Crippen LogP contribution in [0.2, 0.25) is 0 Å². The van der Waals surface area contributed by atoms with Crippen molar-refractivity contribution in [3.63, 3.8) is 0 Å². The lowest BCUT2D eigenvalue weighted by molar-refractivity contribution is 0.0230. The molecule has 124 valence electrons. The first-order chi connectivity index (χ1) is 10.3. The molecule has 5 heteroatoms. The zero-order valence-electron chi connectivity index (χ0n) is 13.6. The van der Waals surface area contributed by atoms with E-state index in [1.165, 1.54) is 12.1 Å². The van der Waals surface area contributed by atoms with Gasteiger partial charge in [0.1, 0.15) is 11.4 Å². The van der Waals surface area contributed by atoms with E-state index in [0.29, 0.717) is 13.1 Å². The van der Waals surface area contributed by atoms with Crippen LogP contribution in [0.25, 0.3) is 0 Å². The van der Waals surface area contributed by atoms with Gasteiger partial charge in [-0.3, -0.25) is 0 Å². The molecule has 0 aliphatic rings. The van der Waals surface area contributed by atoms with Gasteiger partial charge in [0.15, 0.2) is 0 Å². The van der Waals surface area contributed by atoms with Crippen molar-refractivity contribution in [1.82, 2.24) is 4.90 Å². The van der Waals surface area contributed by atoms with E-state index in [2.05, 4.69) is 0 Å². The second kappa shape index (κ2) is 8.73. The van der Waals surface area contributed by atoms with E-state index in [9.17, 15) is 9.18 Å². The molecule has 4 nitrogen and oxygen atoms in total. The quantitative estimate of drug-likeness (QED) is 0.781. The van der Waals surface area contributed by atoms with Crippen LogP contribution < -0.4 is 0 Å². The Morgan fingerprint density at radius 1 is 1.18 bits per heavy atom. The lowest BCUT2D eigenvalue weighted by Crippen LogP contribution is -2.37. The zero-order chi connectivity index (χ0) is 16.6. The summed E-state index contributed by atoms with van der Waals surface area (Å²) in [6.45, 7) is 6.57. The molecule has 1 aromatic carbocycles. The minimum atomic E-state index is -0.552. The number of ether oxygens (including phenoxy) is 1. The minimum Gasteiger partial charge on any atom is -0.444 e. The molecule has 0 spiro atoms. The predicted molar refractivity (Wildman–Crippen MR) is 84.0 cm³/mol. The summed E-state index contributed by atoms with van der Waals surface area (Å²) in [4.78, 5) is 13.9. The van der Waals surface area contributed by atoms with Crippen molar-refractivity contribution in [2.24, 2.45) is 0 Å². The zero-order valence-corrected chi connectivity index (χ0v) is 13.6. The number of hydrogen-bond donors (Lipinski definition) is 1. The standard InChI is InChI=1S/C17H26FNO3/c1-17(2,3)22-16(21)19(11-5-4-6-12-20)13-14-7-9-15(18)10-8-14/h7-10,20H,4-6,11-13H2,1-3H3.